The number of Topliss-reactive ketones (excluding diaryl/α,β-unsaturated/α-hetero) is 1. The summed E-state index contributed by atoms with van der Waals surface area (Å²) >= 11 is 3.17. The molecule has 0 unspecified atom stereocenters. The van der Waals surface area contributed by atoms with Gasteiger partial charge >= 0.3 is 5.69 Å². The van der Waals surface area contributed by atoms with Crippen molar-refractivity contribution in [3.8, 4) is 5.75 Å². The van der Waals surface area contributed by atoms with Crippen molar-refractivity contribution < 1.29 is 14.5 Å². The minimum Gasteiger partial charge on any atom is -0.487 e. The first kappa shape index (κ1) is 13.6. The van der Waals surface area contributed by atoms with Gasteiger partial charge in [0.1, 0.15) is 0 Å². The van der Waals surface area contributed by atoms with E-state index < -0.39 is 4.92 Å². The Morgan fingerprint density at radius 3 is 2.76 bits per heavy atom. The van der Waals surface area contributed by atoms with Gasteiger partial charge in [-0.15, -0.1) is 0 Å². The molecule has 92 valence electrons. The normalized spacial score (nSPS) is 10.0. The van der Waals surface area contributed by atoms with Crippen molar-refractivity contribution in [1.82, 2.24) is 0 Å². The Morgan fingerprint density at radius 1 is 1.53 bits per heavy atom. The summed E-state index contributed by atoms with van der Waals surface area (Å²) < 4.78 is 5.16. The smallest absolute Gasteiger partial charge is 0.310 e. The van der Waals surface area contributed by atoms with E-state index in [4.69, 9.17) is 4.74 Å². The maximum atomic E-state index is 11.6. The topological polar surface area (TPSA) is 69.4 Å². The number of ether oxygens (including phenoxy) is 1. The first-order valence-corrected chi connectivity index (χ1v) is 6.22. The number of nitro benzene ring substituents is 1. The van der Waals surface area contributed by atoms with Crippen molar-refractivity contribution >= 4 is 27.4 Å². The van der Waals surface area contributed by atoms with Gasteiger partial charge in [0, 0.05) is 23.4 Å². The van der Waals surface area contributed by atoms with Crippen molar-refractivity contribution in [3.05, 3.63) is 33.9 Å². The number of hydrogen-bond acceptors (Lipinski definition) is 4. The fraction of sp³-hybridized carbons (Fsp3) is 0.364. The van der Waals surface area contributed by atoms with Crippen LogP contribution in [0.2, 0.25) is 0 Å². The molecule has 0 aromatic heterocycles. The first-order valence-electron chi connectivity index (χ1n) is 5.10. The summed E-state index contributed by atoms with van der Waals surface area (Å²) in [6.07, 6.45) is 0.351. The number of nitrogens with zero attached hydrogens (tertiary/aromatic N) is 1. The average molecular weight is 302 g/mol. The highest BCUT2D eigenvalue weighted by molar-refractivity contribution is 9.09. The van der Waals surface area contributed by atoms with Crippen LogP contribution in [-0.2, 0) is 0 Å². The Hall–Kier alpha value is -1.43. The Kier molecular flexibility index (Phi) is 5.09. The van der Waals surface area contributed by atoms with Gasteiger partial charge in [0.15, 0.2) is 11.5 Å². The van der Waals surface area contributed by atoms with E-state index in [1.54, 1.807) is 6.92 Å². The van der Waals surface area contributed by atoms with E-state index in [1.165, 1.54) is 18.2 Å². The molecule has 1 aromatic carbocycles. The largest absolute Gasteiger partial charge is 0.487 e. The van der Waals surface area contributed by atoms with Crippen LogP contribution in [0.3, 0.4) is 0 Å². The van der Waals surface area contributed by atoms with Crippen LogP contribution in [0, 0.1) is 10.1 Å². The predicted molar refractivity (Wildman–Crippen MR) is 67.0 cm³/mol. The molecule has 0 heterocycles. The molecule has 0 aliphatic carbocycles. The molecule has 0 saturated heterocycles. The molecule has 1 aromatic rings. The van der Waals surface area contributed by atoms with Crippen LogP contribution >= 0.6 is 15.9 Å². The Balaban J connectivity index is 3.09. The van der Waals surface area contributed by atoms with Gasteiger partial charge in [0.25, 0.3) is 0 Å². The average Bonchev–Trinajstić information content (AvgIpc) is 2.29. The Bertz CT molecular complexity index is 433. The number of carbonyl (C=O) groups is 1. The van der Waals surface area contributed by atoms with Gasteiger partial charge in [0.05, 0.1) is 11.5 Å². The van der Waals surface area contributed by atoms with Gasteiger partial charge in [-0.25, -0.2) is 0 Å². The molecule has 0 saturated carbocycles. The summed E-state index contributed by atoms with van der Waals surface area (Å²) in [7, 11) is 0. The summed E-state index contributed by atoms with van der Waals surface area (Å²) in [5.41, 5.74) is 0.306. The van der Waals surface area contributed by atoms with Crippen molar-refractivity contribution in [2.75, 3.05) is 11.9 Å². The number of ketones is 1. The first-order chi connectivity index (χ1) is 8.10. The summed E-state index contributed by atoms with van der Waals surface area (Å²) in [5.74, 6) is 0.0654. The molecular weight excluding hydrogens is 290 g/mol. The lowest BCUT2D eigenvalue weighted by Crippen LogP contribution is -2.03. The Labute approximate surface area is 107 Å². The molecular formula is C11H12BrNO4. The van der Waals surface area contributed by atoms with Crippen molar-refractivity contribution in [3.63, 3.8) is 0 Å². The minimum atomic E-state index is -0.524. The molecule has 0 spiro atoms. The second-order valence-corrected chi connectivity index (χ2v) is 4.03. The maximum absolute atomic E-state index is 11.6. The molecule has 1 rings (SSSR count). The Morgan fingerprint density at radius 2 is 2.24 bits per heavy atom. The highest BCUT2D eigenvalue weighted by Crippen LogP contribution is 2.28. The molecule has 0 radical (unpaired) electrons. The van der Waals surface area contributed by atoms with E-state index in [9.17, 15) is 14.9 Å². The van der Waals surface area contributed by atoms with E-state index >= 15 is 0 Å². The molecule has 0 aliphatic heterocycles. The zero-order chi connectivity index (χ0) is 12.8. The summed E-state index contributed by atoms with van der Waals surface area (Å²) in [6.45, 7) is 2.05. The van der Waals surface area contributed by atoms with Gasteiger partial charge in [-0.05, 0) is 19.1 Å². The lowest BCUT2D eigenvalue weighted by molar-refractivity contribution is -0.385. The molecule has 0 bridgehead atoms. The highest BCUT2D eigenvalue weighted by Gasteiger charge is 2.17. The van der Waals surface area contributed by atoms with Gasteiger partial charge in [-0.1, -0.05) is 15.9 Å². The standard InChI is InChI=1S/C11H12BrNO4/c1-2-17-11-7-8(10(14)5-6-12)3-4-9(11)13(15)16/h3-4,7H,2,5-6H2,1H3. The second-order valence-electron chi connectivity index (χ2n) is 3.23. The lowest BCUT2D eigenvalue weighted by atomic mass is 10.1. The number of alkyl halides is 1. The van der Waals surface area contributed by atoms with E-state index in [2.05, 4.69) is 15.9 Å². The highest BCUT2D eigenvalue weighted by atomic mass is 79.9. The summed E-state index contributed by atoms with van der Waals surface area (Å²) in [6, 6.07) is 4.17. The SMILES string of the molecule is CCOc1cc(C(=O)CCBr)ccc1[N+](=O)[O-]. The third-order valence-electron chi connectivity index (χ3n) is 2.10. The minimum absolute atomic E-state index is 0.0715. The van der Waals surface area contributed by atoms with Crippen LogP contribution < -0.4 is 4.74 Å². The monoisotopic (exact) mass is 301 g/mol. The van der Waals surface area contributed by atoms with Gasteiger partial charge in [0.2, 0.25) is 0 Å². The third kappa shape index (κ3) is 3.52. The van der Waals surface area contributed by atoms with Crippen LogP contribution in [-0.4, -0.2) is 22.6 Å². The zero-order valence-corrected chi connectivity index (χ0v) is 10.9. The quantitative estimate of drug-likeness (QED) is 0.350. The fourth-order valence-corrected chi connectivity index (χ4v) is 1.70. The van der Waals surface area contributed by atoms with Gasteiger partial charge in [-0.2, -0.15) is 0 Å². The van der Waals surface area contributed by atoms with Crippen molar-refractivity contribution in [2.24, 2.45) is 0 Å². The molecule has 17 heavy (non-hydrogen) atoms. The number of rotatable bonds is 6. The second kappa shape index (κ2) is 6.34. The number of hydrogen-bond donors (Lipinski definition) is 0. The maximum Gasteiger partial charge on any atom is 0.310 e. The molecule has 0 atom stereocenters. The fourth-order valence-electron chi connectivity index (χ4n) is 1.34. The van der Waals surface area contributed by atoms with Crippen LogP contribution in [0.25, 0.3) is 0 Å². The summed E-state index contributed by atoms with van der Waals surface area (Å²) in [5, 5.41) is 11.3. The molecule has 0 fully saturated rings. The number of halogens is 1. The number of nitro groups is 1. The number of benzene rings is 1. The lowest BCUT2D eigenvalue weighted by Gasteiger charge is -2.06. The van der Waals surface area contributed by atoms with Crippen molar-refractivity contribution in [2.45, 2.75) is 13.3 Å². The molecule has 0 amide bonds. The van der Waals surface area contributed by atoms with E-state index in [0.717, 1.165) is 0 Å². The van der Waals surface area contributed by atoms with Gasteiger partial charge < -0.3 is 4.74 Å². The third-order valence-corrected chi connectivity index (χ3v) is 2.50. The summed E-state index contributed by atoms with van der Waals surface area (Å²) in [4.78, 5) is 21.8. The zero-order valence-electron chi connectivity index (χ0n) is 9.31. The number of carbonyl (C=O) groups excluding carboxylic acids is 1. The van der Waals surface area contributed by atoms with Crippen LogP contribution in [0.1, 0.15) is 23.7 Å². The van der Waals surface area contributed by atoms with Crippen molar-refractivity contribution in [1.29, 1.82) is 0 Å². The predicted octanol–water partition coefficient (Wildman–Crippen LogP) is 2.96. The molecule has 0 aliphatic rings. The van der Waals surface area contributed by atoms with Crippen LogP contribution in [0.5, 0.6) is 5.75 Å². The van der Waals surface area contributed by atoms with Crippen LogP contribution in [0.15, 0.2) is 18.2 Å². The molecule has 6 heteroatoms. The van der Waals surface area contributed by atoms with E-state index in [1.807, 2.05) is 0 Å². The molecule has 0 N–H and O–H groups in total. The van der Waals surface area contributed by atoms with Crippen LogP contribution in [0.4, 0.5) is 5.69 Å². The van der Waals surface area contributed by atoms with E-state index in [-0.39, 0.29) is 17.2 Å². The van der Waals surface area contributed by atoms with E-state index in [0.29, 0.717) is 23.9 Å². The molecule has 5 nitrogen and oxygen atoms in total. The van der Waals surface area contributed by atoms with Gasteiger partial charge in [-0.3, -0.25) is 14.9 Å².